The van der Waals surface area contributed by atoms with Crippen LogP contribution >= 0.6 is 0 Å². The van der Waals surface area contributed by atoms with Crippen LogP contribution in [0.4, 0.5) is 4.79 Å². The van der Waals surface area contributed by atoms with Crippen LogP contribution in [-0.2, 0) is 9.47 Å². The molecule has 5 rings (SSSR count). The molecule has 0 saturated heterocycles. The van der Waals surface area contributed by atoms with E-state index in [4.69, 9.17) is 19.3 Å². The van der Waals surface area contributed by atoms with Gasteiger partial charge in [0.05, 0.1) is 18.8 Å². The fraction of sp³-hybridized carbons (Fsp3) is 0.600. The Morgan fingerprint density at radius 2 is 1.74 bits per heavy atom. The predicted molar refractivity (Wildman–Crippen MR) is 144 cm³/mol. The summed E-state index contributed by atoms with van der Waals surface area (Å²) < 4.78 is 18.6. The van der Waals surface area contributed by atoms with Crippen molar-refractivity contribution in [2.24, 2.45) is 11.8 Å². The molecule has 1 heterocycles. The molecule has 0 radical (unpaired) electrons. The van der Waals surface area contributed by atoms with Crippen LogP contribution < -0.4 is 10.1 Å². The first-order valence-corrected chi connectivity index (χ1v) is 14.1. The minimum Gasteiger partial charge on any atom is -0.490 e. The van der Waals surface area contributed by atoms with E-state index < -0.39 is 17.7 Å². The van der Waals surface area contributed by atoms with Crippen LogP contribution in [0.15, 0.2) is 24.3 Å². The lowest BCUT2D eigenvalue weighted by Crippen LogP contribution is -2.41. The number of nitrogens with one attached hydrogen (secondary N) is 1. The highest BCUT2D eigenvalue weighted by Crippen LogP contribution is 2.52. The fourth-order valence-corrected chi connectivity index (χ4v) is 5.98. The molecular formula is C30H38N4O5. The quantitative estimate of drug-likeness (QED) is 0.447. The molecule has 2 atom stereocenters. The van der Waals surface area contributed by atoms with Crippen LogP contribution in [0.25, 0.3) is 11.3 Å². The van der Waals surface area contributed by atoms with Crippen molar-refractivity contribution in [2.45, 2.75) is 96.4 Å². The molecule has 3 aliphatic rings. The lowest BCUT2D eigenvalue weighted by atomic mass is 9.91. The van der Waals surface area contributed by atoms with E-state index in [1.54, 1.807) is 11.6 Å². The van der Waals surface area contributed by atoms with E-state index in [1.165, 1.54) is 6.42 Å². The molecule has 1 aromatic carbocycles. The molecule has 1 amide bonds. The lowest BCUT2D eigenvalue weighted by molar-refractivity contribution is 0.0487. The standard InChI is InChI=1S/C30H38N4O5/c1-5-37-28(35)27-25(17-31)26(18-6-12-23(13-7-18)38-24-15-19-14-20(19)16-24)33-34(27)22-10-8-21(9-11-22)32-29(36)39-30(2,3)4/h6-7,12-13,19-22,24H,5,8-11,14-16H2,1-4H3,(H,32,36)/t19?,20?,21-,22+,24?. The largest absolute Gasteiger partial charge is 0.490 e. The molecule has 3 fully saturated rings. The first kappa shape index (κ1) is 27.0. The summed E-state index contributed by atoms with van der Waals surface area (Å²) >= 11 is 0. The first-order chi connectivity index (χ1) is 18.6. The molecular weight excluding hydrogens is 496 g/mol. The maximum absolute atomic E-state index is 13.0. The number of benzene rings is 1. The zero-order valence-corrected chi connectivity index (χ0v) is 23.2. The molecule has 1 N–H and O–H groups in total. The topological polar surface area (TPSA) is 115 Å². The van der Waals surface area contributed by atoms with Gasteiger partial charge in [-0.15, -0.1) is 0 Å². The summed E-state index contributed by atoms with van der Waals surface area (Å²) in [5.41, 5.74) is 1.05. The third-order valence-corrected chi connectivity index (χ3v) is 7.89. The van der Waals surface area contributed by atoms with Gasteiger partial charge < -0.3 is 19.5 Å². The maximum Gasteiger partial charge on any atom is 0.407 e. The Kier molecular flexibility index (Phi) is 7.57. The Hall–Kier alpha value is -3.54. The van der Waals surface area contributed by atoms with Crippen LogP contribution in [0.3, 0.4) is 0 Å². The maximum atomic E-state index is 13.0. The molecule has 3 aliphatic carbocycles. The van der Waals surface area contributed by atoms with Crippen molar-refractivity contribution in [2.75, 3.05) is 6.61 Å². The van der Waals surface area contributed by atoms with Crippen molar-refractivity contribution in [1.29, 1.82) is 5.26 Å². The lowest BCUT2D eigenvalue weighted by Gasteiger charge is -2.30. The third-order valence-electron chi connectivity index (χ3n) is 7.89. The Morgan fingerprint density at radius 1 is 1.08 bits per heavy atom. The van der Waals surface area contributed by atoms with Crippen LogP contribution in [0.2, 0.25) is 0 Å². The SMILES string of the molecule is CCOC(=O)c1c(C#N)c(-c2ccc(OC3CC4CC4C3)cc2)nn1[C@H]1CC[C@@H](NC(=O)OC(C)(C)C)CC1. The Bertz CT molecular complexity index is 1240. The van der Waals surface area contributed by atoms with Crippen molar-refractivity contribution in [3.63, 3.8) is 0 Å². The molecule has 39 heavy (non-hydrogen) atoms. The number of hydrogen-bond donors (Lipinski definition) is 1. The number of ether oxygens (including phenoxy) is 3. The molecule has 9 heteroatoms. The van der Waals surface area contributed by atoms with Gasteiger partial charge in [0.1, 0.15) is 28.7 Å². The first-order valence-electron chi connectivity index (χ1n) is 14.1. The monoisotopic (exact) mass is 534 g/mol. The van der Waals surface area contributed by atoms with Gasteiger partial charge in [-0.05, 0) is 109 Å². The number of aromatic nitrogens is 2. The molecule has 2 unspecified atom stereocenters. The van der Waals surface area contributed by atoms with Gasteiger partial charge in [-0.1, -0.05) is 0 Å². The summed E-state index contributed by atoms with van der Waals surface area (Å²) in [6.07, 6.45) is 6.26. The van der Waals surface area contributed by atoms with E-state index >= 15 is 0 Å². The number of carbonyl (C=O) groups excluding carboxylic acids is 2. The second-order valence-corrected chi connectivity index (χ2v) is 12.0. The predicted octanol–water partition coefficient (Wildman–Crippen LogP) is 5.78. The van der Waals surface area contributed by atoms with Gasteiger partial charge in [0, 0.05) is 11.6 Å². The highest BCUT2D eigenvalue weighted by Gasteiger charge is 2.46. The van der Waals surface area contributed by atoms with E-state index in [0.29, 0.717) is 31.4 Å². The number of carbonyl (C=O) groups is 2. The third kappa shape index (κ3) is 6.21. The zero-order chi connectivity index (χ0) is 27.7. The van der Waals surface area contributed by atoms with Gasteiger partial charge in [0.25, 0.3) is 0 Å². The van der Waals surface area contributed by atoms with E-state index in [1.807, 2.05) is 45.0 Å². The summed E-state index contributed by atoms with van der Waals surface area (Å²) in [6.45, 7) is 7.44. The highest BCUT2D eigenvalue weighted by atomic mass is 16.6. The molecule has 208 valence electrons. The van der Waals surface area contributed by atoms with Crippen LogP contribution in [-0.4, -0.2) is 46.2 Å². The highest BCUT2D eigenvalue weighted by molar-refractivity contribution is 5.93. The Balaban J connectivity index is 1.33. The number of nitrogens with zero attached hydrogens (tertiary/aromatic N) is 3. The number of alkyl carbamates (subject to hydrolysis) is 1. The zero-order valence-electron chi connectivity index (χ0n) is 23.2. The van der Waals surface area contributed by atoms with Gasteiger partial charge in [0.2, 0.25) is 0 Å². The second kappa shape index (κ2) is 10.9. The number of rotatable bonds is 7. The Labute approximate surface area is 229 Å². The second-order valence-electron chi connectivity index (χ2n) is 12.0. The Morgan fingerprint density at radius 3 is 2.33 bits per heavy atom. The van der Waals surface area contributed by atoms with E-state index in [-0.39, 0.29) is 36.1 Å². The molecule has 3 saturated carbocycles. The van der Waals surface area contributed by atoms with Crippen LogP contribution in [0.5, 0.6) is 5.75 Å². The summed E-state index contributed by atoms with van der Waals surface area (Å²) in [6, 6.07) is 9.71. The fourth-order valence-electron chi connectivity index (χ4n) is 5.98. The molecule has 0 bridgehead atoms. The number of fused-ring (bicyclic) bond motifs is 1. The van der Waals surface area contributed by atoms with Gasteiger partial charge in [-0.3, -0.25) is 4.68 Å². The molecule has 9 nitrogen and oxygen atoms in total. The van der Waals surface area contributed by atoms with E-state index in [9.17, 15) is 14.9 Å². The summed E-state index contributed by atoms with van der Waals surface area (Å²) in [5.74, 6) is 1.95. The summed E-state index contributed by atoms with van der Waals surface area (Å²) in [4.78, 5) is 25.2. The summed E-state index contributed by atoms with van der Waals surface area (Å²) in [5, 5.41) is 17.8. The van der Waals surface area contributed by atoms with E-state index in [2.05, 4.69) is 11.4 Å². The molecule has 1 aromatic heterocycles. The van der Waals surface area contributed by atoms with Gasteiger partial charge in [0.15, 0.2) is 5.69 Å². The number of esters is 1. The minimum absolute atomic E-state index is 0.0223. The van der Waals surface area contributed by atoms with Crippen molar-refractivity contribution in [3.8, 4) is 23.1 Å². The van der Waals surface area contributed by atoms with Crippen LogP contribution in [0.1, 0.15) is 94.7 Å². The average Bonchev–Trinajstić information content (AvgIpc) is 3.30. The van der Waals surface area contributed by atoms with Gasteiger partial charge in [-0.2, -0.15) is 10.4 Å². The number of hydrogen-bond acceptors (Lipinski definition) is 7. The molecule has 0 spiro atoms. The number of nitriles is 1. The molecule has 0 aliphatic heterocycles. The normalized spacial score (nSPS) is 25.8. The van der Waals surface area contributed by atoms with Crippen LogP contribution in [0, 0.1) is 23.2 Å². The number of amides is 1. The van der Waals surface area contributed by atoms with Crippen molar-refractivity contribution >= 4 is 12.1 Å². The minimum atomic E-state index is -0.559. The average molecular weight is 535 g/mol. The molecule has 2 aromatic rings. The van der Waals surface area contributed by atoms with Gasteiger partial charge >= 0.3 is 12.1 Å². The summed E-state index contributed by atoms with van der Waals surface area (Å²) in [7, 11) is 0. The van der Waals surface area contributed by atoms with E-state index in [0.717, 1.165) is 36.0 Å². The van der Waals surface area contributed by atoms with Crippen molar-refractivity contribution in [3.05, 3.63) is 35.5 Å². The van der Waals surface area contributed by atoms with Crippen molar-refractivity contribution < 1.29 is 23.8 Å². The van der Waals surface area contributed by atoms with Crippen molar-refractivity contribution in [1.82, 2.24) is 15.1 Å². The smallest absolute Gasteiger partial charge is 0.407 e. The van der Waals surface area contributed by atoms with Gasteiger partial charge in [-0.25, -0.2) is 9.59 Å².